The smallest absolute Gasteiger partial charge is 0.253 e. The van der Waals surface area contributed by atoms with E-state index in [9.17, 15) is 9.18 Å². The molecule has 3 rings (SSSR count). The molecule has 0 saturated carbocycles. The highest BCUT2D eigenvalue weighted by atomic mass is 19.1. The molecule has 2 atom stereocenters. The molecule has 2 heterocycles. The van der Waals surface area contributed by atoms with E-state index < -0.39 is 0 Å². The summed E-state index contributed by atoms with van der Waals surface area (Å²) in [5, 5.41) is 3.40. The van der Waals surface area contributed by atoms with E-state index in [1.807, 2.05) is 4.90 Å². The van der Waals surface area contributed by atoms with Crippen molar-refractivity contribution in [2.75, 3.05) is 26.2 Å². The van der Waals surface area contributed by atoms with Crippen LogP contribution in [-0.4, -0.2) is 37.0 Å². The first-order valence-corrected chi connectivity index (χ1v) is 6.48. The van der Waals surface area contributed by atoms with Gasteiger partial charge in [0.15, 0.2) is 0 Å². The van der Waals surface area contributed by atoms with Crippen LogP contribution < -0.4 is 5.32 Å². The third-order valence-electron chi connectivity index (χ3n) is 3.85. The summed E-state index contributed by atoms with van der Waals surface area (Å²) in [6.07, 6.45) is 1.21. The van der Waals surface area contributed by atoms with Crippen molar-refractivity contribution in [3.63, 3.8) is 0 Å². The topological polar surface area (TPSA) is 32.3 Å². The Hall–Kier alpha value is -1.42. The predicted octanol–water partition coefficient (Wildman–Crippen LogP) is 1.51. The van der Waals surface area contributed by atoms with Crippen molar-refractivity contribution >= 4 is 5.91 Å². The number of hydrogen-bond donors (Lipinski definition) is 1. The van der Waals surface area contributed by atoms with Crippen molar-refractivity contribution in [1.29, 1.82) is 0 Å². The third-order valence-corrected chi connectivity index (χ3v) is 3.85. The Morgan fingerprint density at radius 3 is 2.67 bits per heavy atom. The molecule has 1 N–H and O–H groups in total. The van der Waals surface area contributed by atoms with Gasteiger partial charge in [-0.05, 0) is 49.5 Å². The van der Waals surface area contributed by atoms with Gasteiger partial charge in [-0.25, -0.2) is 4.39 Å². The standard InChI is InChI=1S/C14H17FN2O/c15-13-3-1-2-12(5-13)14(18)17-8-10-4-11(9-17)7-16-6-10/h1-3,5,10-11,16H,4,6-9H2. The molecule has 2 fully saturated rings. The molecule has 0 aromatic heterocycles. The Morgan fingerprint density at radius 2 is 2.00 bits per heavy atom. The number of amides is 1. The van der Waals surface area contributed by atoms with Crippen molar-refractivity contribution in [2.24, 2.45) is 11.8 Å². The van der Waals surface area contributed by atoms with Crippen LogP contribution in [0.4, 0.5) is 4.39 Å². The average molecular weight is 248 g/mol. The van der Waals surface area contributed by atoms with Gasteiger partial charge in [0.25, 0.3) is 5.91 Å². The SMILES string of the molecule is O=C(c1cccc(F)c1)N1CC2CNCC(C2)C1. The fraction of sp³-hybridized carbons (Fsp3) is 0.500. The van der Waals surface area contributed by atoms with E-state index in [0.717, 1.165) is 26.2 Å². The summed E-state index contributed by atoms with van der Waals surface area (Å²) in [5.41, 5.74) is 0.461. The third kappa shape index (κ3) is 2.25. The summed E-state index contributed by atoms with van der Waals surface area (Å²) >= 11 is 0. The minimum atomic E-state index is -0.347. The molecule has 2 bridgehead atoms. The highest BCUT2D eigenvalue weighted by Gasteiger charge is 2.32. The number of piperidine rings is 2. The Balaban J connectivity index is 1.76. The van der Waals surface area contributed by atoms with Crippen molar-refractivity contribution < 1.29 is 9.18 Å². The lowest BCUT2D eigenvalue weighted by molar-refractivity contribution is 0.0537. The second-order valence-corrected chi connectivity index (χ2v) is 5.35. The molecule has 2 aliphatic rings. The fourth-order valence-electron chi connectivity index (χ4n) is 3.08. The Kier molecular flexibility index (Phi) is 3.04. The van der Waals surface area contributed by atoms with Crippen LogP contribution in [0.1, 0.15) is 16.8 Å². The van der Waals surface area contributed by atoms with Crippen molar-refractivity contribution in [1.82, 2.24) is 10.2 Å². The predicted molar refractivity (Wildman–Crippen MR) is 66.8 cm³/mol. The van der Waals surface area contributed by atoms with Crippen LogP contribution >= 0.6 is 0 Å². The van der Waals surface area contributed by atoms with Crippen LogP contribution in [0.25, 0.3) is 0 Å². The molecule has 2 saturated heterocycles. The monoisotopic (exact) mass is 248 g/mol. The van der Waals surface area contributed by atoms with E-state index in [2.05, 4.69) is 5.32 Å². The van der Waals surface area contributed by atoms with Gasteiger partial charge in [0, 0.05) is 18.7 Å². The lowest BCUT2D eigenvalue weighted by atomic mass is 9.85. The summed E-state index contributed by atoms with van der Waals surface area (Å²) in [5.74, 6) is 0.718. The average Bonchev–Trinajstić information content (AvgIpc) is 2.37. The van der Waals surface area contributed by atoms with Gasteiger partial charge < -0.3 is 10.2 Å². The van der Waals surface area contributed by atoms with Crippen LogP contribution in [0.5, 0.6) is 0 Å². The lowest BCUT2D eigenvalue weighted by Crippen LogP contribution is -2.52. The molecule has 18 heavy (non-hydrogen) atoms. The maximum absolute atomic E-state index is 13.1. The largest absolute Gasteiger partial charge is 0.338 e. The summed E-state index contributed by atoms with van der Waals surface area (Å²) < 4.78 is 13.1. The number of carbonyl (C=O) groups is 1. The van der Waals surface area contributed by atoms with Crippen LogP contribution in [0.2, 0.25) is 0 Å². The molecule has 1 amide bonds. The number of hydrogen-bond acceptors (Lipinski definition) is 2. The first-order chi connectivity index (χ1) is 8.72. The van der Waals surface area contributed by atoms with Gasteiger partial charge in [-0.1, -0.05) is 6.07 Å². The summed E-state index contributed by atoms with van der Waals surface area (Å²) in [7, 11) is 0. The highest BCUT2D eigenvalue weighted by molar-refractivity contribution is 5.94. The quantitative estimate of drug-likeness (QED) is 0.817. The van der Waals surface area contributed by atoms with Crippen molar-refractivity contribution in [2.45, 2.75) is 6.42 Å². The van der Waals surface area contributed by atoms with Crippen LogP contribution in [-0.2, 0) is 0 Å². The number of fused-ring (bicyclic) bond motifs is 2. The van der Waals surface area contributed by atoms with Crippen LogP contribution in [0, 0.1) is 17.7 Å². The molecule has 0 radical (unpaired) electrons. The Morgan fingerprint density at radius 1 is 1.28 bits per heavy atom. The number of rotatable bonds is 1. The number of halogens is 1. The van der Waals surface area contributed by atoms with Gasteiger partial charge >= 0.3 is 0 Å². The van der Waals surface area contributed by atoms with Crippen molar-refractivity contribution in [3.8, 4) is 0 Å². The first kappa shape index (κ1) is 11.7. The number of carbonyl (C=O) groups excluding carboxylic acids is 1. The molecule has 0 spiro atoms. The minimum absolute atomic E-state index is 0.0360. The maximum atomic E-state index is 13.1. The minimum Gasteiger partial charge on any atom is -0.338 e. The zero-order valence-corrected chi connectivity index (χ0v) is 10.2. The zero-order chi connectivity index (χ0) is 12.5. The molecule has 0 aliphatic carbocycles. The lowest BCUT2D eigenvalue weighted by Gasteiger charge is -2.41. The normalized spacial score (nSPS) is 27.1. The van der Waals surface area contributed by atoms with E-state index in [-0.39, 0.29) is 11.7 Å². The number of nitrogens with one attached hydrogen (secondary N) is 1. The second-order valence-electron chi connectivity index (χ2n) is 5.35. The van der Waals surface area contributed by atoms with E-state index in [4.69, 9.17) is 0 Å². The van der Waals surface area contributed by atoms with Crippen molar-refractivity contribution in [3.05, 3.63) is 35.6 Å². The summed E-state index contributed by atoms with van der Waals surface area (Å²) in [6, 6.07) is 5.97. The van der Waals surface area contributed by atoms with Crippen LogP contribution in [0.3, 0.4) is 0 Å². The van der Waals surface area contributed by atoms with Gasteiger partial charge in [0.05, 0.1) is 0 Å². The molecular formula is C14H17FN2O. The van der Waals surface area contributed by atoms with Gasteiger partial charge in [-0.3, -0.25) is 4.79 Å². The van der Waals surface area contributed by atoms with E-state index in [0.29, 0.717) is 17.4 Å². The zero-order valence-electron chi connectivity index (χ0n) is 10.2. The molecular weight excluding hydrogens is 231 g/mol. The Bertz CT molecular complexity index is 451. The van der Waals surface area contributed by atoms with E-state index in [1.54, 1.807) is 12.1 Å². The van der Waals surface area contributed by atoms with E-state index in [1.165, 1.54) is 18.6 Å². The molecule has 2 aliphatic heterocycles. The van der Waals surface area contributed by atoms with Gasteiger partial charge in [-0.2, -0.15) is 0 Å². The molecule has 96 valence electrons. The molecule has 3 nitrogen and oxygen atoms in total. The fourth-order valence-corrected chi connectivity index (χ4v) is 3.08. The van der Waals surface area contributed by atoms with Gasteiger partial charge in [0.2, 0.25) is 0 Å². The summed E-state index contributed by atoms with van der Waals surface area (Å²) in [6.45, 7) is 3.56. The molecule has 1 aromatic rings. The molecule has 4 heteroatoms. The second kappa shape index (κ2) is 4.69. The molecule has 2 unspecified atom stereocenters. The van der Waals surface area contributed by atoms with Crippen LogP contribution in [0.15, 0.2) is 24.3 Å². The number of nitrogens with zero attached hydrogens (tertiary/aromatic N) is 1. The Labute approximate surface area is 106 Å². The maximum Gasteiger partial charge on any atom is 0.253 e. The van der Waals surface area contributed by atoms with Gasteiger partial charge in [-0.15, -0.1) is 0 Å². The number of likely N-dealkylation sites (tertiary alicyclic amines) is 1. The number of benzene rings is 1. The van der Waals surface area contributed by atoms with E-state index >= 15 is 0 Å². The summed E-state index contributed by atoms with van der Waals surface area (Å²) in [4.78, 5) is 14.2. The first-order valence-electron chi connectivity index (χ1n) is 6.48. The van der Waals surface area contributed by atoms with Gasteiger partial charge in [0.1, 0.15) is 5.82 Å². The molecule has 1 aromatic carbocycles. The highest BCUT2D eigenvalue weighted by Crippen LogP contribution is 2.25.